The number of anilines is 2. The maximum Gasteiger partial charge on any atom is 0.333 e. The highest BCUT2D eigenvalue weighted by molar-refractivity contribution is 7.17. The van der Waals surface area contributed by atoms with Crippen LogP contribution in [-0.4, -0.2) is 46.1 Å². The van der Waals surface area contributed by atoms with Crippen molar-refractivity contribution >= 4 is 48.7 Å². The van der Waals surface area contributed by atoms with Crippen molar-refractivity contribution in [1.29, 1.82) is 0 Å². The van der Waals surface area contributed by atoms with Crippen molar-refractivity contribution in [2.24, 2.45) is 0 Å². The topological polar surface area (TPSA) is 85.1 Å². The summed E-state index contributed by atoms with van der Waals surface area (Å²) >= 11 is 0. The van der Waals surface area contributed by atoms with Gasteiger partial charge >= 0.3 is 14.1 Å². The number of carbonyl (C=O) groups excluding carboxylic acids is 2. The van der Waals surface area contributed by atoms with Crippen LogP contribution in [0.25, 0.3) is 0 Å². The van der Waals surface area contributed by atoms with Crippen molar-refractivity contribution in [3.8, 4) is 17.6 Å². The van der Waals surface area contributed by atoms with Crippen LogP contribution in [0.2, 0.25) is 0 Å². The zero-order valence-electron chi connectivity index (χ0n) is 18.4. The Labute approximate surface area is 194 Å². The molecule has 1 fully saturated rings. The second kappa shape index (κ2) is 9.42. The van der Waals surface area contributed by atoms with E-state index in [0.717, 1.165) is 11.0 Å². The van der Waals surface area contributed by atoms with Gasteiger partial charge in [0.15, 0.2) is 0 Å². The second-order valence-electron chi connectivity index (χ2n) is 7.49. The first-order valence-electron chi connectivity index (χ1n) is 9.87. The van der Waals surface area contributed by atoms with Crippen molar-refractivity contribution in [1.82, 2.24) is 4.90 Å². The minimum atomic E-state index is -3.34. The lowest BCUT2D eigenvalue weighted by Crippen LogP contribution is -2.44. The normalized spacial score (nSPS) is 18.3. The van der Waals surface area contributed by atoms with Crippen molar-refractivity contribution in [2.75, 3.05) is 23.8 Å². The Morgan fingerprint density at radius 2 is 1.82 bits per heavy atom. The Hall–Kier alpha value is -3.08. The van der Waals surface area contributed by atoms with Crippen LogP contribution in [-0.2, 0) is 20.7 Å². The molecule has 3 rings (SSSR count). The molecule has 1 aliphatic rings. The monoisotopic (exact) mass is 471 g/mol. The molecular weight excluding hydrogens is 449 g/mol. The van der Waals surface area contributed by atoms with Crippen LogP contribution < -0.4 is 15.3 Å². The Kier molecular flexibility index (Phi) is 7.01. The van der Waals surface area contributed by atoms with E-state index < -0.39 is 28.7 Å². The molecule has 0 radical (unpaired) electrons. The standard InChI is InChI=1S/C21H22B2F2N3O4P/c1-20(13-4-7-15(32-23)8-5-13)18(29)28(19(30)27(20)10-2-3-11-31-22)14-6-9-17(26)16(12-14)21(24,25)33/h4-9,12H,10-11,22-23,26,33H2,1H3. The quantitative estimate of drug-likeness (QED) is 0.226. The molecule has 2 unspecified atom stereocenters. The molecule has 12 heteroatoms. The number of hydrogen-bond acceptors (Lipinski definition) is 5. The Bertz CT molecular complexity index is 1140. The molecule has 2 N–H and O–H groups in total. The number of nitrogens with zero attached hydrogens (tertiary/aromatic N) is 2. The van der Waals surface area contributed by atoms with E-state index in [1.165, 1.54) is 42.4 Å². The number of alkyl halides is 2. The summed E-state index contributed by atoms with van der Waals surface area (Å²) in [5, 5.41) is 0. The van der Waals surface area contributed by atoms with E-state index in [4.69, 9.17) is 15.0 Å². The summed E-state index contributed by atoms with van der Waals surface area (Å²) in [4.78, 5) is 29.3. The van der Waals surface area contributed by atoms with Crippen LogP contribution in [0, 0.1) is 11.8 Å². The van der Waals surface area contributed by atoms with Gasteiger partial charge in [-0.1, -0.05) is 33.2 Å². The minimum absolute atomic E-state index is 0.0107. The third-order valence-electron chi connectivity index (χ3n) is 5.47. The molecule has 0 saturated carbocycles. The molecule has 0 spiro atoms. The van der Waals surface area contributed by atoms with Gasteiger partial charge in [-0.15, -0.1) is 0 Å². The van der Waals surface area contributed by atoms with Gasteiger partial charge in [-0.2, -0.15) is 8.78 Å². The number of urea groups is 1. The first-order chi connectivity index (χ1) is 15.6. The highest BCUT2D eigenvalue weighted by Crippen LogP contribution is 2.43. The van der Waals surface area contributed by atoms with E-state index in [9.17, 15) is 18.4 Å². The van der Waals surface area contributed by atoms with Crippen molar-refractivity contribution in [2.45, 2.75) is 18.1 Å². The second-order valence-corrected chi connectivity index (χ2v) is 8.22. The molecule has 3 amide bonds. The first kappa shape index (κ1) is 24.6. The van der Waals surface area contributed by atoms with Crippen molar-refractivity contribution in [3.63, 3.8) is 0 Å². The summed E-state index contributed by atoms with van der Waals surface area (Å²) in [7, 11) is 4.41. The molecule has 1 aliphatic heterocycles. The molecule has 2 aromatic rings. The lowest BCUT2D eigenvalue weighted by Gasteiger charge is -2.30. The van der Waals surface area contributed by atoms with Gasteiger partial charge in [0.05, 0.1) is 24.6 Å². The fourth-order valence-electron chi connectivity index (χ4n) is 3.61. The number of halogens is 2. The lowest BCUT2D eigenvalue weighted by molar-refractivity contribution is -0.124. The number of nitrogen functional groups attached to an aromatic ring is 1. The van der Waals surface area contributed by atoms with Gasteiger partial charge in [-0.25, -0.2) is 9.69 Å². The molecule has 0 aliphatic carbocycles. The van der Waals surface area contributed by atoms with E-state index in [-0.39, 0.29) is 24.5 Å². The molecule has 0 bridgehead atoms. The van der Waals surface area contributed by atoms with Crippen LogP contribution in [0.15, 0.2) is 42.5 Å². The predicted octanol–water partition coefficient (Wildman–Crippen LogP) is 1.37. The summed E-state index contributed by atoms with van der Waals surface area (Å²) < 4.78 is 38.1. The average molecular weight is 471 g/mol. The van der Waals surface area contributed by atoms with Gasteiger partial charge in [0, 0.05) is 11.3 Å². The van der Waals surface area contributed by atoms with Crippen molar-refractivity contribution in [3.05, 3.63) is 53.6 Å². The number of imide groups is 1. The SMILES string of the molecule is BOCC#CCN1C(=O)N(c2ccc(N)c(C(F)(F)P)c2)C(=O)C1(C)c1ccc(OB)cc1. The predicted molar refractivity (Wildman–Crippen MR) is 129 cm³/mol. The van der Waals surface area contributed by atoms with Gasteiger partial charge in [-0.05, 0) is 42.8 Å². The summed E-state index contributed by atoms with van der Waals surface area (Å²) in [5.41, 5.74) is 0.780. The highest BCUT2D eigenvalue weighted by atomic mass is 31.0. The van der Waals surface area contributed by atoms with Gasteiger partial charge < -0.3 is 15.0 Å². The molecular formula is C21H22B2F2N3O4P. The molecule has 170 valence electrons. The Morgan fingerprint density at radius 1 is 1.15 bits per heavy atom. The molecule has 1 heterocycles. The van der Waals surface area contributed by atoms with Crippen LogP contribution in [0.1, 0.15) is 18.1 Å². The maximum absolute atomic E-state index is 14.0. The Morgan fingerprint density at radius 3 is 2.39 bits per heavy atom. The van der Waals surface area contributed by atoms with Gasteiger partial charge in [0.25, 0.3) is 19.6 Å². The average Bonchev–Trinajstić information content (AvgIpc) is 2.97. The summed E-state index contributed by atoms with van der Waals surface area (Å²) in [5.74, 6) is 5.56. The van der Waals surface area contributed by atoms with Crippen LogP contribution in [0.3, 0.4) is 0 Å². The number of amides is 3. The number of hydrogen-bond donors (Lipinski definition) is 1. The van der Waals surface area contributed by atoms with E-state index in [0.29, 0.717) is 11.3 Å². The van der Waals surface area contributed by atoms with E-state index in [2.05, 4.69) is 11.8 Å². The molecule has 33 heavy (non-hydrogen) atoms. The minimum Gasteiger partial charge on any atom is -0.568 e. The third kappa shape index (κ3) is 4.54. The van der Waals surface area contributed by atoms with Gasteiger partial charge in [-0.3, -0.25) is 9.69 Å². The summed E-state index contributed by atoms with van der Waals surface area (Å²) in [6, 6.07) is 9.66. The van der Waals surface area contributed by atoms with Gasteiger partial charge in [0.1, 0.15) is 5.54 Å². The highest BCUT2D eigenvalue weighted by Gasteiger charge is 2.55. The fourth-order valence-corrected chi connectivity index (χ4v) is 3.86. The number of nitrogens with two attached hydrogens (primary N) is 1. The van der Waals surface area contributed by atoms with E-state index >= 15 is 0 Å². The number of benzene rings is 2. The molecule has 7 nitrogen and oxygen atoms in total. The first-order valence-corrected chi connectivity index (χ1v) is 10.5. The molecule has 1 saturated heterocycles. The molecule has 2 aromatic carbocycles. The van der Waals surface area contributed by atoms with Gasteiger partial charge in [0.2, 0.25) is 0 Å². The van der Waals surface area contributed by atoms with E-state index in [1.807, 2.05) is 0 Å². The fraction of sp³-hybridized carbons (Fsp3) is 0.238. The Balaban J connectivity index is 2.12. The number of rotatable bonds is 6. The van der Waals surface area contributed by atoms with Crippen LogP contribution in [0.4, 0.5) is 25.0 Å². The zero-order valence-corrected chi connectivity index (χ0v) is 19.5. The lowest BCUT2D eigenvalue weighted by atomic mass is 9.90. The smallest absolute Gasteiger partial charge is 0.333 e. The number of carbonyl (C=O) groups is 2. The third-order valence-corrected chi connectivity index (χ3v) is 5.78. The largest absolute Gasteiger partial charge is 0.568 e. The molecule has 0 aromatic heterocycles. The van der Waals surface area contributed by atoms with Crippen LogP contribution in [0.5, 0.6) is 5.75 Å². The van der Waals surface area contributed by atoms with Crippen molar-refractivity contribution < 1.29 is 27.7 Å². The summed E-state index contributed by atoms with van der Waals surface area (Å²) in [6.07, 6.45) is 0. The zero-order chi connectivity index (χ0) is 24.4. The summed E-state index contributed by atoms with van der Waals surface area (Å²) in [6.45, 7) is 1.67. The maximum atomic E-state index is 14.0. The van der Waals surface area contributed by atoms with E-state index in [1.54, 1.807) is 31.2 Å². The molecule has 2 atom stereocenters. The van der Waals surface area contributed by atoms with Crippen LogP contribution >= 0.6 is 9.24 Å².